The van der Waals surface area contributed by atoms with Gasteiger partial charge in [0.05, 0.1) is 6.04 Å². The summed E-state index contributed by atoms with van der Waals surface area (Å²) >= 11 is 1.61. The Kier molecular flexibility index (Phi) is 4.22. The first-order chi connectivity index (χ1) is 11.3. The molecule has 0 aliphatic carbocycles. The highest BCUT2D eigenvalue weighted by Gasteiger charge is 2.38. The molecule has 1 aliphatic rings. The summed E-state index contributed by atoms with van der Waals surface area (Å²) in [4.78, 5) is 28.2. The molecule has 1 aromatic heterocycles. The first-order valence-electron chi connectivity index (χ1n) is 8.02. The molecule has 2 aromatic rings. The third-order valence-electron chi connectivity index (χ3n) is 4.12. The number of carbonyl (C=O) groups excluding carboxylic acids is 2. The summed E-state index contributed by atoms with van der Waals surface area (Å²) in [6, 6.07) is 9.73. The smallest absolute Gasteiger partial charge is 0.244 e. The van der Waals surface area contributed by atoms with E-state index in [2.05, 4.69) is 11.4 Å². The SMILES string of the molecule is Cc1ccc2c(c1)C(c1cccs1)N(C(=O)C(C)(C)C)CC(=O)N2. The monoisotopic (exact) mass is 342 g/mol. The molecule has 1 atom stereocenters. The summed E-state index contributed by atoms with van der Waals surface area (Å²) in [7, 11) is 0. The second kappa shape index (κ2) is 6.06. The highest BCUT2D eigenvalue weighted by Crippen LogP contribution is 2.39. The van der Waals surface area contributed by atoms with E-state index in [0.717, 1.165) is 21.7 Å². The lowest BCUT2D eigenvalue weighted by atomic mass is 9.92. The lowest BCUT2D eigenvalue weighted by Gasteiger charge is -2.34. The van der Waals surface area contributed by atoms with Crippen molar-refractivity contribution in [1.82, 2.24) is 4.90 Å². The van der Waals surface area contributed by atoms with E-state index < -0.39 is 5.41 Å². The highest BCUT2D eigenvalue weighted by molar-refractivity contribution is 7.10. The Hall–Kier alpha value is -2.14. The molecule has 1 aliphatic heterocycles. The first-order valence-corrected chi connectivity index (χ1v) is 8.90. The van der Waals surface area contributed by atoms with Crippen molar-refractivity contribution in [2.75, 3.05) is 11.9 Å². The van der Waals surface area contributed by atoms with Crippen molar-refractivity contribution in [1.29, 1.82) is 0 Å². The van der Waals surface area contributed by atoms with Crippen molar-refractivity contribution < 1.29 is 9.59 Å². The van der Waals surface area contributed by atoms with Crippen LogP contribution >= 0.6 is 11.3 Å². The Balaban J connectivity index is 2.20. The number of nitrogens with zero attached hydrogens (tertiary/aromatic N) is 1. The molecule has 3 rings (SSSR count). The van der Waals surface area contributed by atoms with Crippen LogP contribution in [0.15, 0.2) is 35.7 Å². The lowest BCUT2D eigenvalue weighted by Crippen LogP contribution is -2.44. The van der Waals surface area contributed by atoms with E-state index in [0.29, 0.717) is 0 Å². The van der Waals surface area contributed by atoms with E-state index in [1.54, 1.807) is 16.2 Å². The van der Waals surface area contributed by atoms with Gasteiger partial charge in [0.1, 0.15) is 6.54 Å². The molecule has 0 radical (unpaired) electrons. The molecule has 0 fully saturated rings. The average molecular weight is 342 g/mol. The summed E-state index contributed by atoms with van der Waals surface area (Å²) in [6.45, 7) is 7.75. The summed E-state index contributed by atoms with van der Waals surface area (Å²) in [5, 5.41) is 4.95. The van der Waals surface area contributed by atoms with Crippen LogP contribution < -0.4 is 5.32 Å². The molecule has 1 aromatic carbocycles. The number of anilines is 1. The maximum absolute atomic E-state index is 13.1. The molecular formula is C19H22N2O2S. The Morgan fingerprint density at radius 2 is 2.04 bits per heavy atom. The Labute approximate surface area is 146 Å². The fraction of sp³-hybridized carbons (Fsp3) is 0.368. The van der Waals surface area contributed by atoms with Crippen LogP contribution in [0.4, 0.5) is 5.69 Å². The Morgan fingerprint density at radius 3 is 2.67 bits per heavy atom. The van der Waals surface area contributed by atoms with Gasteiger partial charge in [-0.1, -0.05) is 44.5 Å². The van der Waals surface area contributed by atoms with Gasteiger partial charge in [-0.3, -0.25) is 9.59 Å². The van der Waals surface area contributed by atoms with E-state index in [1.807, 2.05) is 57.3 Å². The Bertz CT molecular complexity index is 775. The van der Waals surface area contributed by atoms with Crippen LogP contribution in [0.1, 0.15) is 42.8 Å². The number of aryl methyl sites for hydroxylation is 1. The fourth-order valence-electron chi connectivity index (χ4n) is 3.00. The molecule has 2 amide bonds. The van der Waals surface area contributed by atoms with Crippen molar-refractivity contribution in [3.63, 3.8) is 0 Å². The van der Waals surface area contributed by atoms with Gasteiger partial charge in [-0.05, 0) is 24.4 Å². The number of fused-ring (bicyclic) bond motifs is 1. The lowest BCUT2D eigenvalue weighted by molar-refractivity contribution is -0.143. The molecule has 1 N–H and O–H groups in total. The predicted molar refractivity (Wildman–Crippen MR) is 97.1 cm³/mol. The molecule has 4 nitrogen and oxygen atoms in total. The molecular weight excluding hydrogens is 320 g/mol. The van der Waals surface area contributed by atoms with Gasteiger partial charge < -0.3 is 10.2 Å². The zero-order valence-electron chi connectivity index (χ0n) is 14.4. The minimum atomic E-state index is -0.551. The van der Waals surface area contributed by atoms with Crippen LogP contribution in [0.3, 0.4) is 0 Å². The minimum absolute atomic E-state index is 0.0228. The summed E-state index contributed by atoms with van der Waals surface area (Å²) in [6.07, 6.45) is 0. The van der Waals surface area contributed by atoms with Gasteiger partial charge in [-0.25, -0.2) is 0 Å². The molecule has 126 valence electrons. The molecule has 5 heteroatoms. The number of amides is 2. The van der Waals surface area contributed by atoms with Crippen LogP contribution in [0.5, 0.6) is 0 Å². The van der Waals surface area contributed by atoms with Crippen LogP contribution in [-0.2, 0) is 9.59 Å². The van der Waals surface area contributed by atoms with E-state index >= 15 is 0 Å². The zero-order valence-corrected chi connectivity index (χ0v) is 15.2. The van der Waals surface area contributed by atoms with Crippen molar-refractivity contribution in [2.24, 2.45) is 5.41 Å². The van der Waals surface area contributed by atoms with Crippen LogP contribution in [-0.4, -0.2) is 23.3 Å². The quantitative estimate of drug-likeness (QED) is 0.852. The molecule has 1 unspecified atom stereocenters. The molecule has 0 spiro atoms. The van der Waals surface area contributed by atoms with E-state index in [-0.39, 0.29) is 24.4 Å². The van der Waals surface area contributed by atoms with Gasteiger partial charge in [0.2, 0.25) is 11.8 Å². The van der Waals surface area contributed by atoms with Gasteiger partial charge >= 0.3 is 0 Å². The van der Waals surface area contributed by atoms with Gasteiger partial charge in [0.25, 0.3) is 0 Å². The number of hydrogen-bond donors (Lipinski definition) is 1. The van der Waals surface area contributed by atoms with Gasteiger partial charge in [0.15, 0.2) is 0 Å². The standard InChI is InChI=1S/C19H22N2O2S/c1-12-7-8-14-13(10-12)17(15-6-5-9-24-15)21(11-16(22)20-14)18(23)19(2,3)4/h5-10,17H,11H2,1-4H3,(H,20,22). The third-order valence-corrected chi connectivity index (χ3v) is 5.04. The zero-order chi connectivity index (χ0) is 17.5. The highest BCUT2D eigenvalue weighted by atomic mass is 32.1. The molecule has 0 saturated carbocycles. The number of benzene rings is 1. The van der Waals surface area contributed by atoms with E-state index in [1.165, 1.54) is 0 Å². The number of rotatable bonds is 1. The number of carbonyl (C=O) groups is 2. The van der Waals surface area contributed by atoms with E-state index in [4.69, 9.17) is 0 Å². The maximum atomic E-state index is 13.1. The van der Waals surface area contributed by atoms with Crippen LogP contribution in [0, 0.1) is 12.3 Å². The summed E-state index contributed by atoms with van der Waals surface area (Å²) < 4.78 is 0. The van der Waals surface area contributed by atoms with Gasteiger partial charge in [0, 0.05) is 21.5 Å². The normalized spacial score (nSPS) is 17.9. The first kappa shape index (κ1) is 16.7. The minimum Gasteiger partial charge on any atom is -0.324 e. The van der Waals surface area contributed by atoms with E-state index in [9.17, 15) is 9.59 Å². The topological polar surface area (TPSA) is 49.4 Å². The number of hydrogen-bond acceptors (Lipinski definition) is 3. The Morgan fingerprint density at radius 1 is 1.29 bits per heavy atom. The molecule has 0 saturated heterocycles. The van der Waals surface area contributed by atoms with Gasteiger partial charge in [-0.15, -0.1) is 11.3 Å². The molecule has 24 heavy (non-hydrogen) atoms. The molecule has 2 heterocycles. The fourth-order valence-corrected chi connectivity index (χ4v) is 3.85. The predicted octanol–water partition coefficient (Wildman–Crippen LogP) is 3.97. The van der Waals surface area contributed by atoms with Gasteiger partial charge in [-0.2, -0.15) is 0 Å². The van der Waals surface area contributed by atoms with Crippen LogP contribution in [0.2, 0.25) is 0 Å². The molecule has 0 bridgehead atoms. The van der Waals surface area contributed by atoms with Crippen LogP contribution in [0.25, 0.3) is 0 Å². The number of thiophene rings is 1. The van der Waals surface area contributed by atoms with Crippen molar-refractivity contribution in [2.45, 2.75) is 33.7 Å². The second-order valence-electron chi connectivity index (χ2n) is 7.24. The van der Waals surface area contributed by atoms with Crippen molar-refractivity contribution >= 4 is 28.8 Å². The van der Waals surface area contributed by atoms with Crippen molar-refractivity contribution in [3.05, 3.63) is 51.7 Å². The van der Waals surface area contributed by atoms with Crippen molar-refractivity contribution in [3.8, 4) is 0 Å². The summed E-state index contributed by atoms with van der Waals surface area (Å²) in [5.74, 6) is -0.179. The third kappa shape index (κ3) is 3.08. The summed E-state index contributed by atoms with van der Waals surface area (Å²) in [5.41, 5.74) is 2.31. The average Bonchev–Trinajstić information content (AvgIpc) is 2.97. The number of nitrogens with one attached hydrogen (secondary N) is 1. The maximum Gasteiger partial charge on any atom is 0.244 e. The largest absolute Gasteiger partial charge is 0.324 e. The second-order valence-corrected chi connectivity index (χ2v) is 8.22.